The van der Waals surface area contributed by atoms with E-state index in [1.807, 2.05) is 13.0 Å². The van der Waals surface area contributed by atoms with Gasteiger partial charge in [0.05, 0.1) is 0 Å². The van der Waals surface area contributed by atoms with Gasteiger partial charge in [-0.25, -0.2) is 9.97 Å². The Bertz CT molecular complexity index is 315. The fourth-order valence-corrected chi connectivity index (χ4v) is 1.31. The van der Waals surface area contributed by atoms with Gasteiger partial charge in [0.2, 0.25) is 0 Å². The van der Waals surface area contributed by atoms with Crippen LogP contribution in [0, 0.1) is 0 Å². The summed E-state index contributed by atoms with van der Waals surface area (Å²) in [4.78, 5) is 8.58. The van der Waals surface area contributed by atoms with E-state index in [1.165, 1.54) is 0 Å². The number of aryl methyl sites for hydroxylation is 1. The molecule has 0 aromatic carbocycles. The van der Waals surface area contributed by atoms with Crippen LogP contribution in [0.1, 0.15) is 44.3 Å². The summed E-state index contributed by atoms with van der Waals surface area (Å²) in [6.07, 6.45) is 3.12. The van der Waals surface area contributed by atoms with E-state index in [1.54, 1.807) is 7.11 Å². The van der Waals surface area contributed by atoms with Crippen LogP contribution in [0.4, 0.5) is 5.82 Å². The molecule has 0 saturated heterocycles. The summed E-state index contributed by atoms with van der Waals surface area (Å²) in [5.41, 5.74) is 6.72. The molecule has 1 aromatic rings. The molecule has 0 radical (unpaired) electrons. The molecule has 0 spiro atoms. The second kappa shape index (κ2) is 5.66. The first kappa shape index (κ1) is 11.9. The molecule has 4 nitrogen and oxygen atoms in total. The van der Waals surface area contributed by atoms with E-state index in [9.17, 15) is 0 Å². The van der Waals surface area contributed by atoms with E-state index >= 15 is 0 Å². The third kappa shape index (κ3) is 3.47. The van der Waals surface area contributed by atoms with Crippen LogP contribution in [-0.4, -0.2) is 17.1 Å². The number of methoxy groups -OCH3 is 1. The van der Waals surface area contributed by atoms with Crippen LogP contribution in [0.15, 0.2) is 6.07 Å². The van der Waals surface area contributed by atoms with Gasteiger partial charge >= 0.3 is 0 Å². The third-order valence-electron chi connectivity index (χ3n) is 2.32. The van der Waals surface area contributed by atoms with Gasteiger partial charge in [-0.2, -0.15) is 0 Å². The van der Waals surface area contributed by atoms with Gasteiger partial charge in [0.15, 0.2) is 5.82 Å². The highest BCUT2D eigenvalue weighted by Crippen LogP contribution is 2.14. The third-order valence-corrected chi connectivity index (χ3v) is 2.32. The summed E-state index contributed by atoms with van der Waals surface area (Å²) in [5.74, 6) is 1.19. The van der Waals surface area contributed by atoms with Crippen LogP contribution in [0.5, 0.6) is 0 Å². The number of nitrogens with two attached hydrogens (primary N) is 1. The van der Waals surface area contributed by atoms with E-state index in [0.29, 0.717) is 11.6 Å². The standard InChI is InChI=1S/C11H19N3O/c1-4-5-6-9-7-10(12)14-11(13-9)8(2)15-3/h7-8H,4-6H2,1-3H3,(H2,12,13,14)/t8-/m1/s1. The molecule has 1 aromatic heterocycles. The first-order valence-corrected chi connectivity index (χ1v) is 5.33. The van der Waals surface area contributed by atoms with E-state index in [2.05, 4.69) is 16.9 Å². The SMILES string of the molecule is CCCCc1cc(N)nc([C@@H](C)OC)n1. The van der Waals surface area contributed by atoms with Crippen molar-refractivity contribution in [2.24, 2.45) is 0 Å². The maximum absolute atomic E-state index is 5.72. The van der Waals surface area contributed by atoms with Crippen molar-refractivity contribution in [1.29, 1.82) is 0 Å². The Hall–Kier alpha value is -1.16. The zero-order valence-electron chi connectivity index (χ0n) is 9.66. The maximum atomic E-state index is 5.72. The topological polar surface area (TPSA) is 61.0 Å². The first-order chi connectivity index (χ1) is 7.17. The number of unbranched alkanes of at least 4 members (excludes halogenated alkanes) is 1. The lowest BCUT2D eigenvalue weighted by molar-refractivity contribution is 0.112. The van der Waals surface area contributed by atoms with Crippen molar-refractivity contribution in [2.75, 3.05) is 12.8 Å². The molecule has 0 aliphatic carbocycles. The molecule has 15 heavy (non-hydrogen) atoms. The molecule has 0 fully saturated rings. The van der Waals surface area contributed by atoms with Gasteiger partial charge in [-0.05, 0) is 19.8 Å². The number of nitrogen functional groups attached to an aromatic ring is 1. The molecule has 0 aliphatic heterocycles. The van der Waals surface area contributed by atoms with E-state index in [-0.39, 0.29) is 6.10 Å². The molecular weight excluding hydrogens is 190 g/mol. The minimum Gasteiger partial charge on any atom is -0.384 e. The average molecular weight is 209 g/mol. The van der Waals surface area contributed by atoms with Crippen molar-refractivity contribution in [3.8, 4) is 0 Å². The van der Waals surface area contributed by atoms with Crippen molar-refractivity contribution in [2.45, 2.75) is 39.2 Å². The molecule has 0 bridgehead atoms. The maximum Gasteiger partial charge on any atom is 0.159 e. The van der Waals surface area contributed by atoms with Gasteiger partial charge in [-0.15, -0.1) is 0 Å². The molecule has 0 saturated carbocycles. The summed E-state index contributed by atoms with van der Waals surface area (Å²) in [5, 5.41) is 0. The second-order valence-corrected chi connectivity index (χ2v) is 3.62. The lowest BCUT2D eigenvalue weighted by atomic mass is 10.2. The normalized spacial score (nSPS) is 12.7. The summed E-state index contributed by atoms with van der Waals surface area (Å²) in [6.45, 7) is 4.07. The second-order valence-electron chi connectivity index (χ2n) is 3.62. The zero-order chi connectivity index (χ0) is 11.3. The van der Waals surface area contributed by atoms with Crippen molar-refractivity contribution >= 4 is 5.82 Å². The minimum absolute atomic E-state index is 0.103. The number of ether oxygens (including phenoxy) is 1. The van der Waals surface area contributed by atoms with Crippen molar-refractivity contribution in [3.63, 3.8) is 0 Å². The van der Waals surface area contributed by atoms with E-state index in [4.69, 9.17) is 10.5 Å². The molecule has 1 rings (SSSR count). The summed E-state index contributed by atoms with van der Waals surface area (Å²) >= 11 is 0. The zero-order valence-corrected chi connectivity index (χ0v) is 9.66. The van der Waals surface area contributed by atoms with Gasteiger partial charge in [0.1, 0.15) is 11.9 Å². The van der Waals surface area contributed by atoms with Crippen LogP contribution < -0.4 is 5.73 Å². The Morgan fingerprint density at radius 3 is 2.80 bits per heavy atom. The molecule has 4 heteroatoms. The highest BCUT2D eigenvalue weighted by atomic mass is 16.5. The monoisotopic (exact) mass is 209 g/mol. The molecule has 1 heterocycles. The Labute approximate surface area is 90.9 Å². The van der Waals surface area contributed by atoms with E-state index in [0.717, 1.165) is 25.0 Å². The van der Waals surface area contributed by atoms with Crippen LogP contribution in [-0.2, 0) is 11.2 Å². The quantitative estimate of drug-likeness (QED) is 0.806. The van der Waals surface area contributed by atoms with Crippen LogP contribution >= 0.6 is 0 Å². The molecule has 1 atom stereocenters. The summed E-state index contributed by atoms with van der Waals surface area (Å²) in [6, 6.07) is 1.83. The predicted molar refractivity (Wildman–Crippen MR) is 60.5 cm³/mol. The van der Waals surface area contributed by atoms with Crippen LogP contribution in [0.25, 0.3) is 0 Å². The van der Waals surface area contributed by atoms with Crippen LogP contribution in [0.3, 0.4) is 0 Å². The lowest BCUT2D eigenvalue weighted by Crippen LogP contribution is -2.07. The fraction of sp³-hybridized carbons (Fsp3) is 0.636. The predicted octanol–water partition coefficient (Wildman–Crippen LogP) is 2.11. The number of hydrogen-bond acceptors (Lipinski definition) is 4. The van der Waals surface area contributed by atoms with Gasteiger partial charge in [-0.1, -0.05) is 13.3 Å². The lowest BCUT2D eigenvalue weighted by Gasteiger charge is -2.10. The average Bonchev–Trinajstić information content (AvgIpc) is 2.24. The Balaban J connectivity index is 2.84. The Morgan fingerprint density at radius 1 is 1.47 bits per heavy atom. The molecule has 0 unspecified atom stereocenters. The summed E-state index contributed by atoms with van der Waals surface area (Å²) in [7, 11) is 1.64. The first-order valence-electron chi connectivity index (χ1n) is 5.33. The van der Waals surface area contributed by atoms with Crippen molar-refractivity contribution in [3.05, 3.63) is 17.6 Å². The van der Waals surface area contributed by atoms with Crippen molar-refractivity contribution in [1.82, 2.24) is 9.97 Å². The summed E-state index contributed by atoms with van der Waals surface area (Å²) < 4.78 is 5.17. The number of aromatic nitrogens is 2. The molecular formula is C11H19N3O. The largest absolute Gasteiger partial charge is 0.384 e. The Kier molecular flexibility index (Phi) is 4.49. The molecule has 84 valence electrons. The number of hydrogen-bond donors (Lipinski definition) is 1. The molecule has 0 aliphatic rings. The highest BCUT2D eigenvalue weighted by molar-refractivity contribution is 5.30. The van der Waals surface area contributed by atoms with Gasteiger partial charge in [-0.3, -0.25) is 0 Å². The smallest absolute Gasteiger partial charge is 0.159 e. The number of rotatable bonds is 5. The molecule has 2 N–H and O–H groups in total. The number of nitrogens with zero attached hydrogens (tertiary/aromatic N) is 2. The van der Waals surface area contributed by atoms with E-state index < -0.39 is 0 Å². The van der Waals surface area contributed by atoms with Crippen molar-refractivity contribution < 1.29 is 4.74 Å². The fourth-order valence-electron chi connectivity index (χ4n) is 1.31. The minimum atomic E-state index is -0.103. The number of anilines is 1. The molecule has 0 amide bonds. The van der Waals surface area contributed by atoms with Crippen LogP contribution in [0.2, 0.25) is 0 Å². The highest BCUT2D eigenvalue weighted by Gasteiger charge is 2.09. The van der Waals surface area contributed by atoms with Gasteiger partial charge < -0.3 is 10.5 Å². The van der Waals surface area contributed by atoms with Gasteiger partial charge in [0, 0.05) is 18.9 Å². The van der Waals surface area contributed by atoms with Gasteiger partial charge in [0.25, 0.3) is 0 Å². The Morgan fingerprint density at radius 2 is 2.20 bits per heavy atom.